The number of aromatic nitrogens is 3. The molecule has 0 fully saturated rings. The van der Waals surface area contributed by atoms with Gasteiger partial charge in [0.05, 0.1) is 5.56 Å². The van der Waals surface area contributed by atoms with Gasteiger partial charge in [0, 0.05) is 18.8 Å². The van der Waals surface area contributed by atoms with Crippen LogP contribution in [0, 0.1) is 0 Å². The second kappa shape index (κ2) is 8.37. The molecular formula is C18H17N5O3S. The zero-order chi connectivity index (χ0) is 19.2. The van der Waals surface area contributed by atoms with E-state index in [4.69, 9.17) is 5.11 Å². The summed E-state index contributed by atoms with van der Waals surface area (Å²) >= 11 is 1.40. The molecule has 0 spiro atoms. The molecule has 0 saturated carbocycles. The summed E-state index contributed by atoms with van der Waals surface area (Å²) in [6.45, 7) is 0.538. The van der Waals surface area contributed by atoms with Crippen LogP contribution in [0.25, 0.3) is 0 Å². The highest BCUT2D eigenvalue weighted by molar-refractivity contribution is 7.98. The summed E-state index contributed by atoms with van der Waals surface area (Å²) in [6, 6.07) is 11.7. The molecule has 0 aliphatic heterocycles. The van der Waals surface area contributed by atoms with Crippen LogP contribution in [0.5, 0.6) is 5.75 Å². The van der Waals surface area contributed by atoms with Crippen molar-refractivity contribution in [2.45, 2.75) is 11.7 Å². The predicted molar refractivity (Wildman–Crippen MR) is 104 cm³/mol. The fraction of sp³-hybridized carbons (Fsp3) is 0.111. The summed E-state index contributed by atoms with van der Waals surface area (Å²) in [6.07, 6.45) is 3.16. The van der Waals surface area contributed by atoms with E-state index in [1.165, 1.54) is 24.0 Å². The van der Waals surface area contributed by atoms with Crippen LogP contribution in [-0.4, -0.2) is 37.4 Å². The minimum Gasteiger partial charge on any atom is -0.508 e. The highest BCUT2D eigenvalue weighted by Crippen LogP contribution is 2.21. The molecule has 0 unspecified atom stereocenters. The van der Waals surface area contributed by atoms with Gasteiger partial charge in [0.15, 0.2) is 5.16 Å². The first kappa shape index (κ1) is 18.5. The first-order chi connectivity index (χ1) is 13.0. The van der Waals surface area contributed by atoms with Crippen LogP contribution in [-0.2, 0) is 6.54 Å². The molecule has 2 aromatic heterocycles. The number of benzene rings is 1. The maximum atomic E-state index is 10.9. The molecule has 138 valence electrons. The number of carboxylic acids is 1. The van der Waals surface area contributed by atoms with E-state index in [2.05, 4.69) is 25.6 Å². The summed E-state index contributed by atoms with van der Waals surface area (Å²) in [4.78, 5) is 23.8. The van der Waals surface area contributed by atoms with Gasteiger partial charge in [-0.1, -0.05) is 23.9 Å². The average molecular weight is 383 g/mol. The Morgan fingerprint density at radius 3 is 2.44 bits per heavy atom. The SMILES string of the molecule is CSc1nc(NCc2ccc(O)cc2)cc(Nc2ccc(C(=O)O)cn2)n1. The number of nitrogens with one attached hydrogen (secondary N) is 2. The number of anilines is 3. The Morgan fingerprint density at radius 2 is 1.81 bits per heavy atom. The van der Waals surface area contributed by atoms with Crippen molar-refractivity contribution in [3.05, 3.63) is 59.8 Å². The van der Waals surface area contributed by atoms with Gasteiger partial charge in [-0.3, -0.25) is 0 Å². The molecule has 1 aromatic carbocycles. The number of thioether (sulfide) groups is 1. The Kier molecular flexibility index (Phi) is 5.72. The van der Waals surface area contributed by atoms with E-state index in [1.54, 1.807) is 24.3 Å². The van der Waals surface area contributed by atoms with E-state index in [0.29, 0.717) is 29.2 Å². The number of hydrogen-bond donors (Lipinski definition) is 4. The zero-order valence-corrected chi connectivity index (χ0v) is 15.2. The van der Waals surface area contributed by atoms with Crippen LogP contribution in [0.4, 0.5) is 17.5 Å². The molecule has 3 aromatic rings. The van der Waals surface area contributed by atoms with Gasteiger partial charge in [-0.15, -0.1) is 0 Å². The maximum Gasteiger partial charge on any atom is 0.337 e. The number of carboxylic acid groups (broad SMARTS) is 1. The smallest absolute Gasteiger partial charge is 0.337 e. The Morgan fingerprint density at radius 1 is 1.07 bits per heavy atom. The van der Waals surface area contributed by atoms with Crippen LogP contribution >= 0.6 is 11.8 Å². The summed E-state index contributed by atoms with van der Waals surface area (Å²) < 4.78 is 0. The summed E-state index contributed by atoms with van der Waals surface area (Å²) in [7, 11) is 0. The number of nitrogens with zero attached hydrogens (tertiary/aromatic N) is 3. The second-order valence-corrected chi connectivity index (χ2v) is 6.28. The van der Waals surface area contributed by atoms with E-state index in [0.717, 1.165) is 5.56 Å². The molecule has 8 nitrogen and oxygen atoms in total. The molecule has 0 aliphatic rings. The molecule has 0 amide bonds. The average Bonchev–Trinajstić information content (AvgIpc) is 2.68. The van der Waals surface area contributed by atoms with Crippen molar-refractivity contribution in [3.63, 3.8) is 0 Å². The lowest BCUT2D eigenvalue weighted by atomic mass is 10.2. The van der Waals surface area contributed by atoms with Crippen LogP contribution < -0.4 is 10.6 Å². The molecule has 0 radical (unpaired) electrons. The van der Waals surface area contributed by atoms with E-state index in [-0.39, 0.29) is 11.3 Å². The van der Waals surface area contributed by atoms with Crippen molar-refractivity contribution in [2.75, 3.05) is 16.9 Å². The number of carbonyl (C=O) groups is 1. The Bertz CT molecular complexity index is 933. The number of pyridine rings is 1. The fourth-order valence-electron chi connectivity index (χ4n) is 2.20. The molecular weight excluding hydrogens is 366 g/mol. The van der Waals surface area contributed by atoms with Crippen molar-refractivity contribution in [3.8, 4) is 5.75 Å². The number of phenols is 1. The number of rotatable bonds is 7. The molecule has 2 heterocycles. The van der Waals surface area contributed by atoms with E-state index in [9.17, 15) is 9.90 Å². The lowest BCUT2D eigenvalue weighted by molar-refractivity contribution is 0.0696. The summed E-state index contributed by atoms with van der Waals surface area (Å²) in [5.41, 5.74) is 1.11. The Labute approximate surface area is 159 Å². The largest absolute Gasteiger partial charge is 0.508 e. The lowest BCUT2D eigenvalue weighted by Gasteiger charge is -2.10. The van der Waals surface area contributed by atoms with Gasteiger partial charge in [0.1, 0.15) is 23.2 Å². The van der Waals surface area contributed by atoms with Crippen molar-refractivity contribution >= 4 is 35.2 Å². The number of hydrogen-bond acceptors (Lipinski definition) is 8. The third-order valence-electron chi connectivity index (χ3n) is 3.56. The number of aromatic carboxylic acids is 1. The summed E-state index contributed by atoms with van der Waals surface area (Å²) in [5, 5.41) is 25.1. The molecule has 9 heteroatoms. The molecule has 4 N–H and O–H groups in total. The van der Waals surface area contributed by atoms with Crippen LogP contribution in [0.2, 0.25) is 0 Å². The lowest BCUT2D eigenvalue weighted by Crippen LogP contribution is -2.05. The second-order valence-electron chi connectivity index (χ2n) is 5.51. The third kappa shape index (κ3) is 5.08. The first-order valence-electron chi connectivity index (χ1n) is 7.95. The van der Waals surface area contributed by atoms with Crippen LogP contribution in [0.15, 0.2) is 53.8 Å². The van der Waals surface area contributed by atoms with Gasteiger partial charge >= 0.3 is 5.97 Å². The molecule has 0 atom stereocenters. The predicted octanol–water partition coefficient (Wildman–Crippen LogP) is 3.35. The van der Waals surface area contributed by atoms with Gasteiger partial charge in [-0.25, -0.2) is 19.7 Å². The van der Waals surface area contributed by atoms with Gasteiger partial charge in [0.2, 0.25) is 0 Å². The van der Waals surface area contributed by atoms with Crippen molar-refractivity contribution < 1.29 is 15.0 Å². The number of phenolic OH excluding ortho intramolecular Hbond substituents is 1. The van der Waals surface area contributed by atoms with Gasteiger partial charge < -0.3 is 20.8 Å². The fourth-order valence-corrected chi connectivity index (χ4v) is 2.58. The topological polar surface area (TPSA) is 120 Å². The van der Waals surface area contributed by atoms with Gasteiger partial charge in [-0.05, 0) is 36.1 Å². The van der Waals surface area contributed by atoms with E-state index >= 15 is 0 Å². The van der Waals surface area contributed by atoms with Crippen LogP contribution in [0.1, 0.15) is 15.9 Å². The third-order valence-corrected chi connectivity index (χ3v) is 4.11. The highest BCUT2D eigenvalue weighted by Gasteiger charge is 2.07. The highest BCUT2D eigenvalue weighted by atomic mass is 32.2. The standard InChI is InChI=1S/C18H17N5O3S/c1-27-18-22-15(19-9-11-2-5-13(24)6-3-11)8-16(23-18)21-14-7-4-12(10-20-14)17(25)26/h2-8,10,24H,9H2,1H3,(H,25,26)(H2,19,20,21,22,23). The quantitative estimate of drug-likeness (QED) is 0.359. The Hall–Kier alpha value is -3.33. The molecule has 0 bridgehead atoms. The molecule has 27 heavy (non-hydrogen) atoms. The zero-order valence-electron chi connectivity index (χ0n) is 14.4. The van der Waals surface area contributed by atoms with E-state index in [1.807, 2.05) is 18.4 Å². The minimum atomic E-state index is -1.03. The monoisotopic (exact) mass is 383 g/mol. The number of aromatic hydroxyl groups is 1. The molecule has 0 aliphatic carbocycles. The maximum absolute atomic E-state index is 10.9. The Balaban J connectivity index is 1.74. The van der Waals surface area contributed by atoms with Crippen molar-refractivity contribution in [1.82, 2.24) is 15.0 Å². The van der Waals surface area contributed by atoms with Crippen LogP contribution in [0.3, 0.4) is 0 Å². The molecule has 3 rings (SSSR count). The normalized spacial score (nSPS) is 10.4. The van der Waals surface area contributed by atoms with Crippen molar-refractivity contribution in [2.24, 2.45) is 0 Å². The molecule has 0 saturated heterocycles. The van der Waals surface area contributed by atoms with Crippen molar-refractivity contribution in [1.29, 1.82) is 0 Å². The first-order valence-corrected chi connectivity index (χ1v) is 9.17. The van der Waals surface area contributed by atoms with Gasteiger partial charge in [-0.2, -0.15) is 0 Å². The van der Waals surface area contributed by atoms with Gasteiger partial charge in [0.25, 0.3) is 0 Å². The minimum absolute atomic E-state index is 0.115. The summed E-state index contributed by atoms with van der Waals surface area (Å²) in [5.74, 6) is 0.847. The van der Waals surface area contributed by atoms with E-state index < -0.39 is 5.97 Å².